The molecule has 1 aromatic rings. The Morgan fingerprint density at radius 2 is 1.59 bits per heavy atom. The summed E-state index contributed by atoms with van der Waals surface area (Å²) in [5.41, 5.74) is 5.25. The van der Waals surface area contributed by atoms with Gasteiger partial charge in [0.2, 0.25) is 5.91 Å². The molecular formula is C35H46N2O4. The number of aliphatic hydroxyl groups excluding tert-OH is 1. The van der Waals surface area contributed by atoms with Crippen LogP contribution in [0.2, 0.25) is 0 Å². The summed E-state index contributed by atoms with van der Waals surface area (Å²) < 4.78 is 0. The summed E-state index contributed by atoms with van der Waals surface area (Å²) in [4.78, 5) is 28.6. The molecule has 4 fully saturated rings. The van der Waals surface area contributed by atoms with E-state index in [1.807, 2.05) is 30.3 Å². The molecule has 1 aliphatic heterocycles. The Balaban J connectivity index is 1.29. The van der Waals surface area contributed by atoms with E-state index in [0.29, 0.717) is 18.9 Å². The van der Waals surface area contributed by atoms with Crippen LogP contribution in [0, 0.1) is 39.4 Å². The second-order valence-electron chi connectivity index (χ2n) is 15.0. The van der Waals surface area contributed by atoms with Gasteiger partial charge in [-0.25, -0.2) is 0 Å². The maximum atomic E-state index is 14.5. The van der Waals surface area contributed by atoms with Crippen LogP contribution in [0.25, 0.3) is 0 Å². The lowest BCUT2D eigenvalue weighted by Crippen LogP contribution is -2.67. The lowest BCUT2D eigenvalue weighted by molar-refractivity contribution is -0.177. The number of carbonyl (C=O) groups is 2. The Morgan fingerprint density at radius 3 is 2.29 bits per heavy atom. The number of Topliss-reactive ketones (excluding diaryl/α,β-unsaturated/α-hetero) is 1. The second kappa shape index (κ2) is 9.11. The molecular weight excluding hydrogens is 512 g/mol. The first-order valence-electron chi connectivity index (χ1n) is 15.9. The first-order chi connectivity index (χ1) is 19.5. The number of carbonyl (C=O) groups excluding carboxylic acids is 2. The highest BCUT2D eigenvalue weighted by atomic mass is 16.3. The van der Waals surface area contributed by atoms with Crippen molar-refractivity contribution in [3.05, 3.63) is 59.7 Å². The van der Waals surface area contributed by atoms with E-state index in [1.165, 1.54) is 0 Å². The van der Waals surface area contributed by atoms with Crippen molar-refractivity contribution in [1.29, 1.82) is 0 Å². The van der Waals surface area contributed by atoms with Crippen LogP contribution in [0.3, 0.4) is 0 Å². The van der Waals surface area contributed by atoms with Crippen LogP contribution in [0.1, 0.15) is 82.0 Å². The van der Waals surface area contributed by atoms with Crippen molar-refractivity contribution in [3.8, 4) is 0 Å². The van der Waals surface area contributed by atoms with Crippen molar-refractivity contribution in [1.82, 2.24) is 4.90 Å². The minimum Gasteiger partial charge on any atom is -0.393 e. The van der Waals surface area contributed by atoms with Crippen molar-refractivity contribution in [3.63, 3.8) is 0 Å². The molecule has 1 heterocycles. The topological polar surface area (TPSA) is 104 Å². The summed E-state index contributed by atoms with van der Waals surface area (Å²) >= 11 is 0. The van der Waals surface area contributed by atoms with E-state index in [1.54, 1.807) is 0 Å². The number of amides is 1. The highest BCUT2D eigenvalue weighted by molar-refractivity contribution is 6.10. The van der Waals surface area contributed by atoms with E-state index in [2.05, 4.69) is 37.0 Å². The van der Waals surface area contributed by atoms with Gasteiger partial charge in [0.15, 0.2) is 5.78 Å². The molecule has 1 saturated heterocycles. The number of aliphatic hydroxyl groups is 2. The zero-order valence-electron chi connectivity index (χ0n) is 24.6. The molecule has 1 amide bonds. The molecule has 8 atom stereocenters. The summed E-state index contributed by atoms with van der Waals surface area (Å²) in [6.45, 7) is 6.90. The van der Waals surface area contributed by atoms with Gasteiger partial charge < -0.3 is 20.8 Å². The van der Waals surface area contributed by atoms with Gasteiger partial charge in [0.05, 0.1) is 11.7 Å². The predicted molar refractivity (Wildman–Crippen MR) is 158 cm³/mol. The van der Waals surface area contributed by atoms with Crippen LogP contribution in [-0.4, -0.2) is 58.1 Å². The normalized spacial score (nSPS) is 45.5. The van der Waals surface area contributed by atoms with E-state index >= 15 is 0 Å². The summed E-state index contributed by atoms with van der Waals surface area (Å²) in [6.07, 6.45) is 14.1. The Hall–Kier alpha value is -2.28. The number of nitrogens with two attached hydrogens (primary N) is 1. The van der Waals surface area contributed by atoms with Gasteiger partial charge in [-0.05, 0) is 88.1 Å². The van der Waals surface area contributed by atoms with Crippen LogP contribution in [0.15, 0.2) is 54.1 Å². The van der Waals surface area contributed by atoms with Crippen molar-refractivity contribution in [2.75, 3.05) is 19.6 Å². The number of rotatable bonds is 5. The molecule has 220 valence electrons. The smallest absolute Gasteiger partial charge is 0.220 e. The highest BCUT2D eigenvalue weighted by Crippen LogP contribution is 2.78. The fourth-order valence-electron chi connectivity index (χ4n) is 11.1. The molecule has 6 nitrogen and oxygen atoms in total. The molecule has 6 aliphatic carbocycles. The van der Waals surface area contributed by atoms with Crippen molar-refractivity contribution in [2.45, 2.75) is 83.3 Å². The molecule has 2 spiro atoms. The van der Waals surface area contributed by atoms with Crippen molar-refractivity contribution < 1.29 is 19.8 Å². The minimum absolute atomic E-state index is 0.0277. The van der Waals surface area contributed by atoms with Gasteiger partial charge in [-0.1, -0.05) is 62.4 Å². The molecule has 41 heavy (non-hydrogen) atoms. The lowest BCUT2D eigenvalue weighted by Gasteiger charge is -2.71. The maximum Gasteiger partial charge on any atom is 0.220 e. The van der Waals surface area contributed by atoms with E-state index in [9.17, 15) is 19.8 Å². The van der Waals surface area contributed by atoms with Crippen LogP contribution >= 0.6 is 0 Å². The number of nitrogens with zero attached hydrogens (tertiary/aromatic N) is 1. The number of fused-ring (bicyclic) bond motifs is 1. The summed E-state index contributed by atoms with van der Waals surface area (Å²) in [6, 6.07) is 9.68. The van der Waals surface area contributed by atoms with Gasteiger partial charge >= 0.3 is 0 Å². The minimum atomic E-state index is -0.860. The largest absolute Gasteiger partial charge is 0.393 e. The van der Waals surface area contributed by atoms with Gasteiger partial charge in [0.25, 0.3) is 0 Å². The van der Waals surface area contributed by atoms with E-state index in [0.717, 1.165) is 75.6 Å². The zero-order chi connectivity index (χ0) is 28.8. The Bertz CT molecular complexity index is 1320. The summed E-state index contributed by atoms with van der Waals surface area (Å²) in [7, 11) is 0. The lowest BCUT2D eigenvalue weighted by atomic mass is 9.32. The number of likely N-dealkylation sites (tertiary alicyclic amines) is 1. The number of benzene rings is 1. The summed E-state index contributed by atoms with van der Waals surface area (Å²) in [5, 5.41) is 23.4. The van der Waals surface area contributed by atoms with Crippen LogP contribution in [0.5, 0.6) is 0 Å². The number of hydrogen-bond donors (Lipinski definition) is 3. The monoisotopic (exact) mass is 558 g/mol. The second-order valence-corrected chi connectivity index (χ2v) is 15.0. The third-order valence-corrected chi connectivity index (χ3v) is 13.5. The number of β-amino-alcohol motifs (C(OH)–C–C–N with tert-alkyl or cyclic N) is 1. The van der Waals surface area contributed by atoms with Crippen LogP contribution < -0.4 is 5.73 Å². The van der Waals surface area contributed by atoms with Gasteiger partial charge in [-0.2, -0.15) is 0 Å². The average Bonchev–Trinajstić information content (AvgIpc) is 3.23. The van der Waals surface area contributed by atoms with Crippen LogP contribution in [-0.2, 0) is 4.79 Å². The van der Waals surface area contributed by atoms with Gasteiger partial charge in [0.1, 0.15) is 0 Å². The highest BCUT2D eigenvalue weighted by Gasteiger charge is 2.74. The van der Waals surface area contributed by atoms with E-state index in [-0.39, 0.29) is 45.9 Å². The molecule has 0 aromatic heterocycles. The van der Waals surface area contributed by atoms with Gasteiger partial charge in [0, 0.05) is 39.8 Å². The third kappa shape index (κ3) is 3.59. The SMILES string of the molecule is C[C@]12CC[C@H]3[C@]4(C=C[C@@]5(C=C4C(=O)c4ccccc4)CC(O)CC[C@]35C)[C@@H]1CC[C@@]2(O)CN1CCC(C(N)=O)CC1. The molecule has 4 N–H and O–H groups in total. The molecule has 3 saturated carbocycles. The first kappa shape index (κ1) is 27.5. The Labute approximate surface area is 244 Å². The molecule has 0 radical (unpaired) electrons. The third-order valence-electron chi connectivity index (χ3n) is 13.5. The zero-order valence-corrected chi connectivity index (χ0v) is 24.6. The van der Waals surface area contributed by atoms with E-state index < -0.39 is 11.0 Å². The number of hydrogen-bond acceptors (Lipinski definition) is 5. The fourth-order valence-corrected chi connectivity index (χ4v) is 11.1. The average molecular weight is 559 g/mol. The number of primary amides is 1. The van der Waals surface area contributed by atoms with Gasteiger partial charge in [-0.3, -0.25) is 9.59 Å². The van der Waals surface area contributed by atoms with E-state index in [4.69, 9.17) is 5.73 Å². The quantitative estimate of drug-likeness (QED) is 0.360. The predicted octanol–water partition coefficient (Wildman–Crippen LogP) is 4.66. The maximum absolute atomic E-state index is 14.5. The molecule has 2 bridgehead atoms. The molecule has 6 heteroatoms. The first-order valence-corrected chi connectivity index (χ1v) is 15.9. The Kier molecular flexibility index (Phi) is 6.12. The fraction of sp³-hybridized carbons (Fsp3) is 0.657. The molecule has 7 aliphatic rings. The molecule has 1 aromatic carbocycles. The standard InChI is InChI=1S/C35H46N2O4/c1-31-13-8-25(38)20-33(31)16-17-35(26(21-33)29(39)23-6-4-3-5-7-23)27(31)9-14-32(2)28(35)10-15-34(32,41)22-37-18-11-24(12-19-37)30(36)40/h3-7,16-17,21,24-25,27-28,38,41H,8-15,18-20,22H2,1-2H3,(H2,36,40)/t25?,27-,28-,31-,32+,33+,34-,35-/m1/s1. The van der Waals surface area contributed by atoms with Crippen molar-refractivity contribution in [2.24, 2.45) is 45.1 Å². The Morgan fingerprint density at radius 1 is 0.927 bits per heavy atom. The molecule has 8 rings (SSSR count). The summed E-state index contributed by atoms with van der Waals surface area (Å²) in [5.74, 6) is 0.279. The van der Waals surface area contributed by atoms with Crippen LogP contribution in [0.4, 0.5) is 0 Å². The number of piperidine rings is 1. The number of ketones is 1. The van der Waals surface area contributed by atoms with Gasteiger partial charge in [-0.15, -0.1) is 0 Å². The molecule has 1 unspecified atom stereocenters. The van der Waals surface area contributed by atoms with Crippen molar-refractivity contribution >= 4 is 11.7 Å². The number of allylic oxidation sites excluding steroid dienone is 4.